The van der Waals surface area contributed by atoms with E-state index in [-0.39, 0.29) is 12.3 Å². The molecule has 6 heteroatoms. The van der Waals surface area contributed by atoms with Crippen molar-refractivity contribution in [1.82, 2.24) is 5.43 Å². The molecule has 3 amide bonds. The minimum Gasteiger partial charge on any atom is -0.494 e. The van der Waals surface area contributed by atoms with Crippen LogP contribution in [0.3, 0.4) is 0 Å². The maximum atomic E-state index is 12.5. The third-order valence-electron chi connectivity index (χ3n) is 3.20. The Morgan fingerprint density at radius 2 is 1.79 bits per heavy atom. The number of hydrogen-bond donors (Lipinski definition) is 2. The van der Waals surface area contributed by atoms with Crippen LogP contribution in [0, 0.1) is 0 Å². The molecule has 0 aliphatic rings. The van der Waals surface area contributed by atoms with E-state index in [9.17, 15) is 9.59 Å². The summed E-state index contributed by atoms with van der Waals surface area (Å²) in [5, 5.41) is 1.09. The number of hydrogen-bond acceptors (Lipinski definition) is 3. The van der Waals surface area contributed by atoms with Gasteiger partial charge in [-0.15, -0.1) is 0 Å². The Labute approximate surface area is 140 Å². The largest absolute Gasteiger partial charge is 0.494 e. The smallest absolute Gasteiger partial charge is 0.331 e. The number of nitrogens with two attached hydrogens (primary N) is 1. The third-order valence-corrected chi connectivity index (χ3v) is 3.20. The Morgan fingerprint density at radius 3 is 2.46 bits per heavy atom. The molecule has 0 fully saturated rings. The highest BCUT2D eigenvalue weighted by Gasteiger charge is 2.19. The highest BCUT2D eigenvalue weighted by molar-refractivity contribution is 5.98. The number of primary amides is 1. The summed E-state index contributed by atoms with van der Waals surface area (Å²) in [6.07, 6.45) is 3.65. The molecule has 0 aliphatic heterocycles. The van der Waals surface area contributed by atoms with Gasteiger partial charge in [-0.3, -0.25) is 4.79 Å². The van der Waals surface area contributed by atoms with Crippen molar-refractivity contribution in [1.29, 1.82) is 0 Å². The summed E-state index contributed by atoms with van der Waals surface area (Å²) in [6.45, 7) is 0. The average Bonchev–Trinajstić information content (AvgIpc) is 2.60. The lowest BCUT2D eigenvalue weighted by Crippen LogP contribution is -2.48. The van der Waals surface area contributed by atoms with Crippen molar-refractivity contribution in [2.24, 2.45) is 5.73 Å². The number of ether oxygens (including phenoxy) is 1. The minimum atomic E-state index is -0.832. The van der Waals surface area contributed by atoms with Crippen LogP contribution < -0.4 is 20.9 Å². The Hall–Kier alpha value is -3.28. The molecule has 6 nitrogen and oxygen atoms in total. The maximum Gasteiger partial charge on any atom is 0.331 e. The number of para-hydroxylation sites is 2. The normalized spacial score (nSPS) is 10.4. The van der Waals surface area contributed by atoms with Crippen molar-refractivity contribution in [2.75, 3.05) is 12.1 Å². The summed E-state index contributed by atoms with van der Waals surface area (Å²) < 4.78 is 5.23. The molecule has 0 heterocycles. The van der Waals surface area contributed by atoms with E-state index < -0.39 is 6.03 Å². The molecule has 0 bridgehead atoms. The summed E-state index contributed by atoms with van der Waals surface area (Å²) in [5.41, 5.74) is 8.90. The molecule has 124 valence electrons. The van der Waals surface area contributed by atoms with Crippen molar-refractivity contribution < 1.29 is 14.3 Å². The summed E-state index contributed by atoms with van der Waals surface area (Å²) in [5.74, 6) is 0.108. The lowest BCUT2D eigenvalue weighted by Gasteiger charge is -2.23. The second kappa shape index (κ2) is 8.38. The number of methoxy groups -OCH3 is 1. The average molecular weight is 325 g/mol. The summed E-state index contributed by atoms with van der Waals surface area (Å²) in [4.78, 5) is 23.7. The van der Waals surface area contributed by atoms with Gasteiger partial charge < -0.3 is 10.5 Å². The van der Waals surface area contributed by atoms with Crippen molar-refractivity contribution in [2.45, 2.75) is 6.42 Å². The Kier molecular flexibility index (Phi) is 5.96. The Morgan fingerprint density at radius 1 is 1.12 bits per heavy atom. The van der Waals surface area contributed by atoms with Crippen molar-refractivity contribution in [3.63, 3.8) is 0 Å². The molecule has 0 atom stereocenters. The number of carbonyl (C=O) groups excluding carboxylic acids is 2. The molecule has 2 rings (SSSR count). The second-order valence-corrected chi connectivity index (χ2v) is 4.89. The number of nitrogens with one attached hydrogen (secondary N) is 1. The number of rotatable bonds is 5. The lowest BCUT2D eigenvalue weighted by molar-refractivity contribution is -0.118. The SMILES string of the molecule is COc1ccccc1N(NC(N)=O)C(=O)CC=Cc1ccccc1. The summed E-state index contributed by atoms with van der Waals surface area (Å²) in [6, 6.07) is 15.6. The monoisotopic (exact) mass is 325 g/mol. The van der Waals surface area contributed by atoms with E-state index in [0.717, 1.165) is 10.6 Å². The Balaban J connectivity index is 2.16. The molecule has 0 aromatic heterocycles. The van der Waals surface area contributed by atoms with E-state index in [1.807, 2.05) is 36.4 Å². The van der Waals surface area contributed by atoms with E-state index in [2.05, 4.69) is 5.43 Å². The standard InChI is InChI=1S/C18H19N3O3/c1-24-16-12-6-5-11-15(16)21(20-18(19)23)17(22)13-7-10-14-8-3-2-4-9-14/h2-12H,13H2,1H3,(H3,19,20,23). The molecule has 0 unspecified atom stereocenters. The molecule has 0 saturated carbocycles. The fourth-order valence-corrected chi connectivity index (χ4v) is 2.13. The molecule has 3 N–H and O–H groups in total. The van der Waals surface area contributed by atoms with Crippen LogP contribution in [0.1, 0.15) is 12.0 Å². The predicted octanol–water partition coefficient (Wildman–Crippen LogP) is 2.72. The number of hydrazine groups is 1. The molecule has 0 radical (unpaired) electrons. The molecule has 2 aromatic rings. The van der Waals surface area contributed by atoms with Crippen LogP contribution in [0.5, 0.6) is 5.75 Å². The molecule has 2 aromatic carbocycles. The van der Waals surface area contributed by atoms with Gasteiger partial charge in [-0.1, -0.05) is 54.6 Å². The Bertz CT molecular complexity index is 729. The van der Waals surface area contributed by atoms with Crippen LogP contribution in [-0.2, 0) is 4.79 Å². The maximum absolute atomic E-state index is 12.5. The van der Waals surface area contributed by atoms with Crippen molar-refractivity contribution >= 4 is 23.7 Å². The molecule has 24 heavy (non-hydrogen) atoms. The van der Waals surface area contributed by atoms with Gasteiger partial charge in [-0.2, -0.15) is 0 Å². The number of benzene rings is 2. The highest BCUT2D eigenvalue weighted by Crippen LogP contribution is 2.27. The van der Waals surface area contributed by atoms with Crippen LogP contribution in [0.25, 0.3) is 6.08 Å². The zero-order valence-corrected chi connectivity index (χ0v) is 13.3. The van der Waals surface area contributed by atoms with Crippen LogP contribution in [0.15, 0.2) is 60.7 Å². The minimum absolute atomic E-state index is 0.0905. The zero-order valence-electron chi connectivity index (χ0n) is 13.3. The molecule has 0 spiro atoms. The topological polar surface area (TPSA) is 84.7 Å². The van der Waals surface area contributed by atoms with Crippen LogP contribution in [-0.4, -0.2) is 19.0 Å². The van der Waals surface area contributed by atoms with Crippen LogP contribution >= 0.6 is 0 Å². The summed E-state index contributed by atoms with van der Waals surface area (Å²) >= 11 is 0. The number of amides is 3. The van der Waals surface area contributed by atoms with Gasteiger partial charge in [0.05, 0.1) is 7.11 Å². The number of carbonyl (C=O) groups is 2. The highest BCUT2D eigenvalue weighted by atomic mass is 16.5. The van der Waals surface area contributed by atoms with Gasteiger partial charge in [0, 0.05) is 6.42 Å². The zero-order chi connectivity index (χ0) is 17.4. The number of anilines is 1. The first-order valence-corrected chi connectivity index (χ1v) is 7.35. The number of urea groups is 1. The van der Waals surface area contributed by atoms with E-state index in [1.165, 1.54) is 7.11 Å². The number of nitrogens with zero attached hydrogens (tertiary/aromatic N) is 1. The molecular weight excluding hydrogens is 306 g/mol. The van der Waals surface area contributed by atoms with Gasteiger partial charge >= 0.3 is 6.03 Å². The quantitative estimate of drug-likeness (QED) is 0.829. The van der Waals surface area contributed by atoms with E-state index >= 15 is 0 Å². The first-order chi connectivity index (χ1) is 11.6. The van der Waals surface area contributed by atoms with Gasteiger partial charge in [0.25, 0.3) is 0 Å². The van der Waals surface area contributed by atoms with Crippen LogP contribution in [0.2, 0.25) is 0 Å². The van der Waals surface area contributed by atoms with Gasteiger partial charge in [-0.05, 0) is 17.7 Å². The fraction of sp³-hybridized carbons (Fsp3) is 0.111. The molecule has 0 saturated heterocycles. The first-order valence-electron chi connectivity index (χ1n) is 7.35. The van der Waals surface area contributed by atoms with Gasteiger partial charge in [-0.25, -0.2) is 15.2 Å². The lowest BCUT2D eigenvalue weighted by atomic mass is 10.2. The first kappa shape index (κ1) is 17.1. The second-order valence-electron chi connectivity index (χ2n) is 4.89. The molecule has 0 aliphatic carbocycles. The van der Waals surface area contributed by atoms with Gasteiger partial charge in [0.2, 0.25) is 5.91 Å². The van der Waals surface area contributed by atoms with Gasteiger partial charge in [0.1, 0.15) is 11.4 Å². The van der Waals surface area contributed by atoms with E-state index in [4.69, 9.17) is 10.5 Å². The van der Waals surface area contributed by atoms with Crippen LogP contribution in [0.4, 0.5) is 10.5 Å². The fourth-order valence-electron chi connectivity index (χ4n) is 2.13. The molecular formula is C18H19N3O3. The summed E-state index contributed by atoms with van der Waals surface area (Å²) in [7, 11) is 1.49. The van der Waals surface area contributed by atoms with E-state index in [0.29, 0.717) is 11.4 Å². The third kappa shape index (κ3) is 4.61. The van der Waals surface area contributed by atoms with Crippen molar-refractivity contribution in [3.8, 4) is 5.75 Å². The van der Waals surface area contributed by atoms with E-state index in [1.54, 1.807) is 30.3 Å². The predicted molar refractivity (Wildman–Crippen MR) is 93.3 cm³/mol. The van der Waals surface area contributed by atoms with Gasteiger partial charge in [0.15, 0.2) is 0 Å². The van der Waals surface area contributed by atoms with Crippen molar-refractivity contribution in [3.05, 3.63) is 66.2 Å².